The van der Waals surface area contributed by atoms with Crippen LogP contribution in [0.5, 0.6) is 5.75 Å². The number of hydrogen-bond donors (Lipinski definition) is 0. The van der Waals surface area contributed by atoms with Crippen LogP contribution >= 0.6 is 0 Å². The SMILES string of the molecule is COc1ccccc1-c1noc(CN(CC(C)C)C2CC2)n1. The highest BCUT2D eigenvalue weighted by Gasteiger charge is 2.30. The van der Waals surface area contributed by atoms with Gasteiger partial charge in [0.05, 0.1) is 19.2 Å². The topological polar surface area (TPSA) is 51.4 Å². The van der Waals surface area contributed by atoms with E-state index in [9.17, 15) is 0 Å². The molecule has 0 saturated heterocycles. The van der Waals surface area contributed by atoms with Gasteiger partial charge in [0, 0.05) is 12.6 Å². The van der Waals surface area contributed by atoms with Crippen LogP contribution in [0.1, 0.15) is 32.6 Å². The van der Waals surface area contributed by atoms with E-state index in [1.807, 2.05) is 24.3 Å². The maximum Gasteiger partial charge on any atom is 0.241 e. The number of hydrogen-bond acceptors (Lipinski definition) is 5. The lowest BCUT2D eigenvalue weighted by Gasteiger charge is -2.21. The number of aromatic nitrogens is 2. The van der Waals surface area contributed by atoms with Crippen molar-refractivity contribution in [2.24, 2.45) is 5.92 Å². The van der Waals surface area contributed by atoms with Crippen molar-refractivity contribution >= 4 is 0 Å². The number of para-hydroxylation sites is 1. The summed E-state index contributed by atoms with van der Waals surface area (Å²) in [7, 11) is 1.65. The molecule has 0 aliphatic heterocycles. The molecule has 0 spiro atoms. The summed E-state index contributed by atoms with van der Waals surface area (Å²) >= 11 is 0. The third-order valence-electron chi connectivity index (χ3n) is 3.82. The Balaban J connectivity index is 1.75. The van der Waals surface area contributed by atoms with Gasteiger partial charge in [-0.15, -0.1) is 0 Å². The number of ether oxygens (including phenoxy) is 1. The van der Waals surface area contributed by atoms with E-state index in [-0.39, 0.29) is 0 Å². The largest absolute Gasteiger partial charge is 0.496 e. The normalized spacial score (nSPS) is 14.8. The molecule has 0 unspecified atom stereocenters. The van der Waals surface area contributed by atoms with E-state index in [0.717, 1.165) is 24.4 Å². The minimum absolute atomic E-state index is 0.591. The lowest BCUT2D eigenvalue weighted by atomic mass is 10.2. The molecule has 0 atom stereocenters. The minimum Gasteiger partial charge on any atom is -0.496 e. The zero-order valence-electron chi connectivity index (χ0n) is 13.5. The van der Waals surface area contributed by atoms with E-state index in [2.05, 4.69) is 28.9 Å². The third kappa shape index (κ3) is 3.47. The number of rotatable bonds is 7. The molecule has 1 aromatic heterocycles. The van der Waals surface area contributed by atoms with Gasteiger partial charge in [-0.2, -0.15) is 4.98 Å². The van der Waals surface area contributed by atoms with Gasteiger partial charge >= 0.3 is 0 Å². The van der Waals surface area contributed by atoms with Gasteiger partial charge in [0.2, 0.25) is 11.7 Å². The van der Waals surface area contributed by atoms with E-state index >= 15 is 0 Å². The van der Waals surface area contributed by atoms with Gasteiger partial charge in [-0.25, -0.2) is 0 Å². The predicted octanol–water partition coefficient (Wildman–Crippen LogP) is 3.37. The van der Waals surface area contributed by atoms with E-state index in [0.29, 0.717) is 23.7 Å². The number of benzene rings is 1. The van der Waals surface area contributed by atoms with Crippen molar-refractivity contribution in [1.29, 1.82) is 0 Å². The Morgan fingerprint density at radius 1 is 1.32 bits per heavy atom. The van der Waals surface area contributed by atoms with Crippen LogP contribution in [0.15, 0.2) is 28.8 Å². The zero-order chi connectivity index (χ0) is 15.5. The fraction of sp³-hybridized carbons (Fsp3) is 0.529. The summed E-state index contributed by atoms with van der Waals surface area (Å²) in [6.07, 6.45) is 2.56. The monoisotopic (exact) mass is 301 g/mol. The molecule has 118 valence electrons. The summed E-state index contributed by atoms with van der Waals surface area (Å²) in [5.41, 5.74) is 0.863. The van der Waals surface area contributed by atoms with Crippen LogP contribution in [0.25, 0.3) is 11.4 Å². The summed E-state index contributed by atoms with van der Waals surface area (Å²) in [6, 6.07) is 8.41. The Kier molecular flexibility index (Phi) is 4.43. The van der Waals surface area contributed by atoms with Crippen LogP contribution in [0.2, 0.25) is 0 Å². The van der Waals surface area contributed by atoms with Gasteiger partial charge in [-0.05, 0) is 30.9 Å². The summed E-state index contributed by atoms with van der Waals surface area (Å²) in [5.74, 6) is 2.66. The first-order valence-electron chi connectivity index (χ1n) is 7.87. The summed E-state index contributed by atoms with van der Waals surface area (Å²) in [6.45, 7) is 6.27. The highest BCUT2D eigenvalue weighted by atomic mass is 16.5. The predicted molar refractivity (Wildman–Crippen MR) is 84.6 cm³/mol. The van der Waals surface area contributed by atoms with Gasteiger partial charge < -0.3 is 9.26 Å². The Labute approximate surface area is 131 Å². The maximum atomic E-state index is 5.45. The smallest absolute Gasteiger partial charge is 0.241 e. The van der Waals surface area contributed by atoms with E-state index < -0.39 is 0 Å². The summed E-state index contributed by atoms with van der Waals surface area (Å²) < 4.78 is 10.8. The van der Waals surface area contributed by atoms with Crippen LogP contribution in [-0.2, 0) is 6.54 Å². The first kappa shape index (κ1) is 15.0. The molecule has 1 heterocycles. The molecule has 0 N–H and O–H groups in total. The van der Waals surface area contributed by atoms with Crippen molar-refractivity contribution in [3.05, 3.63) is 30.2 Å². The van der Waals surface area contributed by atoms with Crippen molar-refractivity contribution in [3.63, 3.8) is 0 Å². The van der Waals surface area contributed by atoms with Crippen molar-refractivity contribution < 1.29 is 9.26 Å². The fourth-order valence-corrected chi connectivity index (χ4v) is 2.68. The summed E-state index contributed by atoms with van der Waals surface area (Å²) in [5, 5.41) is 4.11. The molecule has 5 heteroatoms. The molecule has 1 saturated carbocycles. The fourth-order valence-electron chi connectivity index (χ4n) is 2.68. The Hall–Kier alpha value is -1.88. The molecule has 0 bridgehead atoms. The molecule has 1 aromatic carbocycles. The summed E-state index contributed by atoms with van der Waals surface area (Å²) in [4.78, 5) is 7.00. The molecular weight excluding hydrogens is 278 g/mol. The zero-order valence-corrected chi connectivity index (χ0v) is 13.5. The third-order valence-corrected chi connectivity index (χ3v) is 3.82. The van der Waals surface area contributed by atoms with Crippen molar-refractivity contribution in [3.8, 4) is 17.1 Å². The average Bonchev–Trinajstić information content (AvgIpc) is 3.26. The molecule has 1 aliphatic rings. The van der Waals surface area contributed by atoms with Crippen molar-refractivity contribution in [2.75, 3.05) is 13.7 Å². The van der Waals surface area contributed by atoms with Gasteiger partial charge in [0.1, 0.15) is 5.75 Å². The van der Waals surface area contributed by atoms with Gasteiger partial charge in [-0.1, -0.05) is 31.1 Å². The molecule has 1 aliphatic carbocycles. The van der Waals surface area contributed by atoms with Crippen LogP contribution in [-0.4, -0.2) is 34.7 Å². The van der Waals surface area contributed by atoms with Crippen LogP contribution in [0.4, 0.5) is 0 Å². The van der Waals surface area contributed by atoms with E-state index in [1.165, 1.54) is 12.8 Å². The van der Waals surface area contributed by atoms with Crippen LogP contribution in [0, 0.1) is 5.92 Å². The quantitative estimate of drug-likeness (QED) is 0.785. The van der Waals surface area contributed by atoms with Crippen molar-refractivity contribution in [2.45, 2.75) is 39.3 Å². The molecule has 22 heavy (non-hydrogen) atoms. The molecule has 3 rings (SSSR count). The van der Waals surface area contributed by atoms with E-state index in [1.54, 1.807) is 7.11 Å². The van der Waals surface area contributed by atoms with Crippen LogP contribution in [0.3, 0.4) is 0 Å². The lowest BCUT2D eigenvalue weighted by Crippen LogP contribution is -2.29. The second-order valence-electron chi connectivity index (χ2n) is 6.27. The Bertz CT molecular complexity index is 620. The maximum absolute atomic E-state index is 5.45. The molecule has 0 radical (unpaired) electrons. The average molecular weight is 301 g/mol. The first-order valence-corrected chi connectivity index (χ1v) is 7.87. The van der Waals surface area contributed by atoms with Crippen molar-refractivity contribution in [1.82, 2.24) is 15.0 Å². The first-order chi connectivity index (χ1) is 10.7. The second-order valence-corrected chi connectivity index (χ2v) is 6.27. The Morgan fingerprint density at radius 2 is 2.09 bits per heavy atom. The number of methoxy groups -OCH3 is 1. The highest BCUT2D eigenvalue weighted by Crippen LogP contribution is 2.30. The highest BCUT2D eigenvalue weighted by molar-refractivity contribution is 5.63. The molecular formula is C17H23N3O2. The standard InChI is InChI=1S/C17H23N3O2/c1-12(2)10-20(13-8-9-13)11-16-18-17(19-22-16)14-6-4-5-7-15(14)21-3/h4-7,12-13H,8-11H2,1-3H3. The molecule has 5 nitrogen and oxygen atoms in total. The van der Waals surface area contributed by atoms with Crippen LogP contribution < -0.4 is 4.74 Å². The number of nitrogens with zero attached hydrogens (tertiary/aromatic N) is 3. The van der Waals surface area contributed by atoms with E-state index in [4.69, 9.17) is 9.26 Å². The minimum atomic E-state index is 0.591. The van der Waals surface area contributed by atoms with Gasteiger partial charge in [0.15, 0.2) is 0 Å². The van der Waals surface area contributed by atoms with Gasteiger partial charge in [-0.3, -0.25) is 4.90 Å². The molecule has 0 amide bonds. The Morgan fingerprint density at radius 3 is 2.77 bits per heavy atom. The second kappa shape index (κ2) is 6.48. The molecule has 1 fully saturated rings. The van der Waals surface area contributed by atoms with Gasteiger partial charge in [0.25, 0.3) is 0 Å². The lowest BCUT2D eigenvalue weighted by molar-refractivity contribution is 0.196. The molecule has 2 aromatic rings.